The highest BCUT2D eigenvalue weighted by Gasteiger charge is 2.19. The predicted molar refractivity (Wildman–Crippen MR) is 321 cm³/mol. The maximum Gasteiger partial charge on any atom is 0.306 e. The van der Waals surface area contributed by atoms with Crippen LogP contribution in [-0.4, -0.2) is 37.2 Å². The molecule has 0 aromatic heterocycles. The van der Waals surface area contributed by atoms with Crippen molar-refractivity contribution in [2.45, 2.75) is 400 Å². The molecule has 0 aromatic carbocycles. The molecule has 0 amide bonds. The average Bonchev–Trinajstić information content (AvgIpc) is 3.39. The van der Waals surface area contributed by atoms with Crippen molar-refractivity contribution in [3.05, 3.63) is 0 Å². The Morgan fingerprint density at radius 1 is 0.257 bits per heavy atom. The first-order chi connectivity index (χ1) is 36.4. The fourth-order valence-electron chi connectivity index (χ4n) is 10.7. The van der Waals surface area contributed by atoms with Gasteiger partial charge in [-0.05, 0) is 25.2 Å². The minimum absolute atomic E-state index is 0.0607. The molecule has 0 aliphatic carbocycles. The summed E-state index contributed by atoms with van der Waals surface area (Å²) in [6.45, 7) is 9.11. The fourth-order valence-corrected chi connectivity index (χ4v) is 10.7. The first-order valence-corrected chi connectivity index (χ1v) is 33.9. The highest BCUT2D eigenvalue weighted by atomic mass is 16.6. The largest absolute Gasteiger partial charge is 0.462 e. The molecule has 74 heavy (non-hydrogen) atoms. The summed E-state index contributed by atoms with van der Waals surface area (Å²) in [4.78, 5) is 38.4. The summed E-state index contributed by atoms with van der Waals surface area (Å²) < 4.78 is 17.0. The summed E-state index contributed by atoms with van der Waals surface area (Å²) in [6.07, 6.45) is 71.1. The fraction of sp³-hybridized carbons (Fsp3) is 0.956. The SMILES string of the molecule is CCCCCCCCCCCCCCCCCCCCCC(=O)O[C@@H](COC(=O)CCCCCCCCCCCCCCCCCCCC)COC(=O)CCCCCCCCCCCCCCCCCCC(C)C. The summed E-state index contributed by atoms with van der Waals surface area (Å²) in [5.74, 6) is 0.0302. The number of carbonyl (C=O) groups excluding carboxylic acids is 3. The van der Waals surface area contributed by atoms with Crippen LogP contribution >= 0.6 is 0 Å². The maximum absolute atomic E-state index is 12.9. The van der Waals surface area contributed by atoms with Crippen molar-refractivity contribution in [2.75, 3.05) is 13.2 Å². The molecular weight excluding hydrogens is 913 g/mol. The van der Waals surface area contributed by atoms with E-state index in [9.17, 15) is 14.4 Å². The molecule has 0 bridgehead atoms. The number of hydrogen-bond donors (Lipinski definition) is 0. The van der Waals surface area contributed by atoms with E-state index in [1.807, 2.05) is 0 Å². The molecule has 6 heteroatoms. The molecule has 440 valence electrons. The molecule has 0 aliphatic heterocycles. The Morgan fingerprint density at radius 3 is 0.662 bits per heavy atom. The highest BCUT2D eigenvalue weighted by Crippen LogP contribution is 2.19. The van der Waals surface area contributed by atoms with Gasteiger partial charge in [-0.2, -0.15) is 0 Å². The van der Waals surface area contributed by atoms with E-state index in [1.54, 1.807) is 0 Å². The first-order valence-electron chi connectivity index (χ1n) is 33.9. The molecule has 0 heterocycles. The average molecular weight is 1050 g/mol. The van der Waals surface area contributed by atoms with E-state index in [-0.39, 0.29) is 31.1 Å². The lowest BCUT2D eigenvalue weighted by Crippen LogP contribution is -2.30. The lowest BCUT2D eigenvalue weighted by molar-refractivity contribution is -0.167. The number of carbonyl (C=O) groups is 3. The van der Waals surface area contributed by atoms with Gasteiger partial charge in [-0.25, -0.2) is 0 Å². The van der Waals surface area contributed by atoms with Gasteiger partial charge in [-0.3, -0.25) is 14.4 Å². The van der Waals surface area contributed by atoms with E-state index in [0.29, 0.717) is 19.3 Å². The predicted octanol–water partition coefficient (Wildman–Crippen LogP) is 22.9. The van der Waals surface area contributed by atoms with Crippen LogP contribution in [-0.2, 0) is 28.6 Å². The van der Waals surface area contributed by atoms with E-state index < -0.39 is 6.10 Å². The number of rotatable bonds is 63. The van der Waals surface area contributed by atoms with Gasteiger partial charge in [0.1, 0.15) is 13.2 Å². The molecule has 0 unspecified atom stereocenters. The van der Waals surface area contributed by atoms with Crippen LogP contribution in [0.15, 0.2) is 0 Å². The molecule has 6 nitrogen and oxygen atoms in total. The number of ether oxygens (including phenoxy) is 3. The number of esters is 3. The van der Waals surface area contributed by atoms with Crippen LogP contribution in [0.25, 0.3) is 0 Å². The molecular formula is C68H132O6. The Balaban J connectivity index is 4.28. The van der Waals surface area contributed by atoms with E-state index in [4.69, 9.17) is 14.2 Å². The van der Waals surface area contributed by atoms with Gasteiger partial charge in [0, 0.05) is 19.3 Å². The standard InChI is InChI=1S/C68H132O6/c1-5-7-9-11-13-15-17-19-21-23-25-27-33-37-41-45-49-53-57-61-68(71)74-65(62-72-66(69)59-55-51-47-43-39-35-31-26-24-22-20-18-16-14-12-10-8-6-2)63-73-67(70)60-56-52-48-44-40-36-32-29-28-30-34-38-42-46-50-54-58-64(3)4/h64-65H,5-63H2,1-4H3/t65-/m0/s1. The molecule has 0 spiro atoms. The van der Waals surface area contributed by atoms with Crippen molar-refractivity contribution in [3.63, 3.8) is 0 Å². The second-order valence-corrected chi connectivity index (χ2v) is 23.9. The summed E-state index contributed by atoms with van der Waals surface area (Å²) in [5, 5.41) is 0. The van der Waals surface area contributed by atoms with Gasteiger partial charge in [0.2, 0.25) is 0 Å². The zero-order valence-electron chi connectivity index (χ0n) is 50.8. The smallest absolute Gasteiger partial charge is 0.306 e. The molecule has 0 saturated heterocycles. The van der Waals surface area contributed by atoms with Crippen LogP contribution < -0.4 is 0 Å². The molecule has 0 radical (unpaired) electrons. The second kappa shape index (κ2) is 62.3. The Kier molecular flexibility index (Phi) is 60.9. The van der Waals surface area contributed by atoms with Crippen LogP contribution in [0.2, 0.25) is 0 Å². The van der Waals surface area contributed by atoms with Crippen LogP contribution in [0.5, 0.6) is 0 Å². The van der Waals surface area contributed by atoms with Gasteiger partial charge < -0.3 is 14.2 Å². The van der Waals surface area contributed by atoms with Gasteiger partial charge >= 0.3 is 17.9 Å². The summed E-state index contributed by atoms with van der Waals surface area (Å²) in [6, 6.07) is 0. The van der Waals surface area contributed by atoms with Gasteiger partial charge in [-0.1, -0.05) is 355 Å². The monoisotopic (exact) mass is 1050 g/mol. The Labute approximate surface area is 463 Å². The number of hydrogen-bond acceptors (Lipinski definition) is 6. The number of unbranched alkanes of at least 4 members (excludes halogenated alkanes) is 50. The minimum Gasteiger partial charge on any atom is -0.462 e. The molecule has 0 rings (SSSR count). The molecule has 0 N–H and O–H groups in total. The summed E-state index contributed by atoms with van der Waals surface area (Å²) in [5.41, 5.74) is 0. The normalized spacial score (nSPS) is 12.0. The second-order valence-electron chi connectivity index (χ2n) is 23.9. The van der Waals surface area contributed by atoms with Gasteiger partial charge in [0.15, 0.2) is 6.10 Å². The third-order valence-corrected chi connectivity index (χ3v) is 15.8. The zero-order valence-corrected chi connectivity index (χ0v) is 50.8. The minimum atomic E-state index is -0.763. The first kappa shape index (κ1) is 72.4. The van der Waals surface area contributed by atoms with Gasteiger partial charge in [0.05, 0.1) is 0 Å². The third kappa shape index (κ3) is 61.3. The molecule has 0 aromatic rings. The quantitative estimate of drug-likeness (QED) is 0.0343. The maximum atomic E-state index is 12.9. The van der Waals surface area contributed by atoms with E-state index >= 15 is 0 Å². The van der Waals surface area contributed by atoms with Crippen molar-refractivity contribution < 1.29 is 28.6 Å². The molecule has 0 aliphatic rings. The van der Waals surface area contributed by atoms with E-state index in [2.05, 4.69) is 27.7 Å². The Bertz CT molecular complexity index is 1120. The van der Waals surface area contributed by atoms with E-state index in [0.717, 1.165) is 63.7 Å². The summed E-state index contributed by atoms with van der Waals surface area (Å²) in [7, 11) is 0. The van der Waals surface area contributed by atoms with Crippen LogP contribution in [0.1, 0.15) is 394 Å². The van der Waals surface area contributed by atoms with Crippen molar-refractivity contribution in [3.8, 4) is 0 Å². The van der Waals surface area contributed by atoms with Crippen molar-refractivity contribution in [2.24, 2.45) is 5.92 Å². The lowest BCUT2D eigenvalue weighted by atomic mass is 10.0. The topological polar surface area (TPSA) is 78.9 Å². The Hall–Kier alpha value is -1.59. The van der Waals surface area contributed by atoms with Crippen LogP contribution in [0, 0.1) is 5.92 Å². The van der Waals surface area contributed by atoms with Crippen molar-refractivity contribution in [1.29, 1.82) is 0 Å². The van der Waals surface area contributed by atoms with E-state index in [1.165, 1.54) is 289 Å². The van der Waals surface area contributed by atoms with Gasteiger partial charge in [0.25, 0.3) is 0 Å². The molecule has 1 atom stereocenters. The molecule has 0 saturated carbocycles. The Morgan fingerprint density at radius 2 is 0.446 bits per heavy atom. The molecule has 0 fully saturated rings. The van der Waals surface area contributed by atoms with Gasteiger partial charge in [-0.15, -0.1) is 0 Å². The third-order valence-electron chi connectivity index (χ3n) is 15.8. The van der Waals surface area contributed by atoms with Crippen LogP contribution in [0.4, 0.5) is 0 Å². The lowest BCUT2D eigenvalue weighted by Gasteiger charge is -2.18. The zero-order chi connectivity index (χ0) is 53.7. The summed E-state index contributed by atoms with van der Waals surface area (Å²) >= 11 is 0. The van der Waals surface area contributed by atoms with Crippen molar-refractivity contribution in [1.82, 2.24) is 0 Å². The van der Waals surface area contributed by atoms with Crippen LogP contribution in [0.3, 0.4) is 0 Å². The van der Waals surface area contributed by atoms with Crippen molar-refractivity contribution >= 4 is 17.9 Å². The highest BCUT2D eigenvalue weighted by molar-refractivity contribution is 5.71.